The molecule has 134 valence electrons. The fraction of sp³-hybridized carbons (Fsp3) is 0.450. The van der Waals surface area contributed by atoms with Crippen molar-refractivity contribution in [2.24, 2.45) is 0 Å². The summed E-state index contributed by atoms with van der Waals surface area (Å²) in [5, 5.41) is 0.767. The van der Waals surface area contributed by atoms with Crippen LogP contribution in [0.4, 0.5) is 0 Å². The van der Waals surface area contributed by atoms with Crippen LogP contribution >= 0.6 is 11.8 Å². The average Bonchev–Trinajstić information content (AvgIpc) is 2.60. The maximum absolute atomic E-state index is 12.3. The van der Waals surface area contributed by atoms with E-state index in [0.717, 1.165) is 34.1 Å². The lowest BCUT2D eigenvalue weighted by molar-refractivity contribution is -0.134. The molecule has 0 N–H and O–H groups in total. The van der Waals surface area contributed by atoms with E-state index in [9.17, 15) is 4.79 Å². The van der Waals surface area contributed by atoms with Gasteiger partial charge in [-0.05, 0) is 56.1 Å². The Balaban J connectivity index is 2.05. The number of hydrogen-bond acceptors (Lipinski definition) is 5. The van der Waals surface area contributed by atoms with Crippen molar-refractivity contribution >= 4 is 17.7 Å². The number of benzene rings is 1. The Morgan fingerprint density at radius 2 is 1.84 bits per heavy atom. The Labute approximate surface area is 154 Å². The monoisotopic (exact) mass is 358 g/mol. The number of esters is 1. The molecule has 0 aliphatic carbocycles. The van der Waals surface area contributed by atoms with Gasteiger partial charge in [-0.2, -0.15) is 0 Å². The van der Waals surface area contributed by atoms with E-state index in [2.05, 4.69) is 23.8 Å². The van der Waals surface area contributed by atoms with Crippen LogP contribution in [0.15, 0.2) is 29.4 Å². The number of para-hydroxylation sites is 1. The van der Waals surface area contributed by atoms with Gasteiger partial charge in [-0.3, -0.25) is 4.79 Å². The van der Waals surface area contributed by atoms with Gasteiger partial charge < -0.3 is 4.74 Å². The highest BCUT2D eigenvalue weighted by molar-refractivity contribution is 7.98. The van der Waals surface area contributed by atoms with E-state index in [1.807, 2.05) is 44.4 Å². The quantitative estimate of drug-likeness (QED) is 0.306. The van der Waals surface area contributed by atoms with Crippen molar-refractivity contribution in [3.05, 3.63) is 46.8 Å². The fourth-order valence-electron chi connectivity index (χ4n) is 2.76. The molecule has 1 heterocycles. The number of hydrogen-bond donors (Lipinski definition) is 0. The molecular formula is C20H26N2O2S. The van der Waals surface area contributed by atoms with Crippen molar-refractivity contribution in [3.8, 4) is 5.75 Å². The highest BCUT2D eigenvalue weighted by Crippen LogP contribution is 2.28. The van der Waals surface area contributed by atoms with Crippen LogP contribution in [0, 0.1) is 13.8 Å². The number of aryl methyl sites for hydroxylation is 2. The van der Waals surface area contributed by atoms with Gasteiger partial charge in [0, 0.05) is 11.4 Å². The molecule has 25 heavy (non-hydrogen) atoms. The van der Waals surface area contributed by atoms with Crippen LogP contribution in [0.2, 0.25) is 0 Å². The van der Waals surface area contributed by atoms with E-state index in [1.54, 1.807) is 0 Å². The first kappa shape index (κ1) is 19.4. The minimum Gasteiger partial charge on any atom is -0.426 e. The predicted molar refractivity (Wildman–Crippen MR) is 102 cm³/mol. The summed E-state index contributed by atoms with van der Waals surface area (Å²) in [6, 6.07) is 7.78. The van der Waals surface area contributed by atoms with Crippen LogP contribution in [0.25, 0.3) is 0 Å². The van der Waals surface area contributed by atoms with Gasteiger partial charge in [0.25, 0.3) is 0 Å². The van der Waals surface area contributed by atoms with Gasteiger partial charge in [0.15, 0.2) is 5.16 Å². The summed E-state index contributed by atoms with van der Waals surface area (Å²) >= 11 is 1.52. The maximum Gasteiger partial charge on any atom is 0.311 e. The molecule has 0 amide bonds. The highest BCUT2D eigenvalue weighted by Gasteiger charge is 2.15. The van der Waals surface area contributed by atoms with Crippen molar-refractivity contribution in [1.29, 1.82) is 0 Å². The van der Waals surface area contributed by atoms with Gasteiger partial charge in [0.05, 0.1) is 6.42 Å². The number of nitrogens with zero attached hydrogens (tertiary/aromatic N) is 2. The third-order valence-corrected chi connectivity index (χ3v) is 5.00. The SMILES string of the molecule is CCC(C)c1ccccc1OC(=O)CCc1c(C)nc(SC)nc1C. The summed E-state index contributed by atoms with van der Waals surface area (Å²) < 4.78 is 5.63. The van der Waals surface area contributed by atoms with Crippen LogP contribution in [0.5, 0.6) is 5.75 Å². The zero-order valence-electron chi connectivity index (χ0n) is 15.6. The molecule has 0 bridgehead atoms. The minimum absolute atomic E-state index is 0.219. The summed E-state index contributed by atoms with van der Waals surface area (Å²) in [4.78, 5) is 21.3. The van der Waals surface area contributed by atoms with E-state index < -0.39 is 0 Å². The third kappa shape index (κ3) is 5.05. The molecule has 0 saturated carbocycles. The summed E-state index contributed by atoms with van der Waals surface area (Å²) in [5.74, 6) is 0.814. The standard InChI is InChI=1S/C20H26N2O2S/c1-6-13(2)16-9-7-8-10-18(16)24-19(23)12-11-17-14(3)21-20(25-5)22-15(17)4/h7-10,13H,6,11-12H2,1-5H3. The molecule has 2 rings (SSSR count). The molecule has 1 atom stereocenters. The van der Waals surface area contributed by atoms with E-state index in [1.165, 1.54) is 11.8 Å². The van der Waals surface area contributed by atoms with Crippen LogP contribution in [0.1, 0.15) is 55.1 Å². The number of aromatic nitrogens is 2. The Bertz CT molecular complexity index is 723. The van der Waals surface area contributed by atoms with Crippen molar-refractivity contribution in [2.75, 3.05) is 6.26 Å². The van der Waals surface area contributed by atoms with Crippen LogP contribution in [-0.4, -0.2) is 22.2 Å². The average molecular weight is 359 g/mol. The van der Waals surface area contributed by atoms with Gasteiger partial charge in [0.2, 0.25) is 0 Å². The zero-order valence-corrected chi connectivity index (χ0v) is 16.4. The van der Waals surface area contributed by atoms with E-state index in [-0.39, 0.29) is 5.97 Å². The van der Waals surface area contributed by atoms with Crippen molar-refractivity contribution in [2.45, 2.75) is 58.0 Å². The second kappa shape index (κ2) is 8.99. The molecule has 1 aromatic heterocycles. The molecule has 1 unspecified atom stereocenters. The zero-order chi connectivity index (χ0) is 18.4. The second-order valence-corrected chi connectivity index (χ2v) is 6.95. The van der Waals surface area contributed by atoms with E-state index >= 15 is 0 Å². The fourth-order valence-corrected chi connectivity index (χ4v) is 3.22. The van der Waals surface area contributed by atoms with Gasteiger partial charge in [-0.25, -0.2) is 9.97 Å². The van der Waals surface area contributed by atoms with E-state index in [0.29, 0.717) is 24.5 Å². The number of thioether (sulfide) groups is 1. The van der Waals surface area contributed by atoms with Crippen molar-refractivity contribution in [3.63, 3.8) is 0 Å². The molecule has 5 heteroatoms. The van der Waals surface area contributed by atoms with E-state index in [4.69, 9.17) is 4.74 Å². The topological polar surface area (TPSA) is 52.1 Å². The molecule has 0 spiro atoms. The molecule has 0 aliphatic heterocycles. The van der Waals surface area contributed by atoms with Crippen molar-refractivity contribution < 1.29 is 9.53 Å². The lowest BCUT2D eigenvalue weighted by Crippen LogP contribution is -2.12. The lowest BCUT2D eigenvalue weighted by Gasteiger charge is -2.15. The first-order valence-corrected chi connectivity index (χ1v) is 9.86. The van der Waals surface area contributed by atoms with Crippen molar-refractivity contribution in [1.82, 2.24) is 9.97 Å². The molecule has 1 aromatic carbocycles. The van der Waals surface area contributed by atoms with Gasteiger partial charge in [-0.1, -0.05) is 43.8 Å². The first-order valence-electron chi connectivity index (χ1n) is 8.64. The lowest BCUT2D eigenvalue weighted by atomic mass is 9.98. The van der Waals surface area contributed by atoms with Gasteiger partial charge in [-0.15, -0.1) is 0 Å². The Morgan fingerprint density at radius 1 is 1.20 bits per heavy atom. The molecular weight excluding hydrogens is 332 g/mol. The molecule has 0 saturated heterocycles. The smallest absolute Gasteiger partial charge is 0.311 e. The third-order valence-electron chi connectivity index (χ3n) is 4.45. The van der Waals surface area contributed by atoms with Gasteiger partial charge >= 0.3 is 5.97 Å². The number of carbonyl (C=O) groups is 1. The summed E-state index contributed by atoms with van der Waals surface area (Å²) in [6.45, 7) is 8.21. The first-order chi connectivity index (χ1) is 12.0. The Kier molecular flexibility index (Phi) is 7.00. The largest absolute Gasteiger partial charge is 0.426 e. The normalized spacial score (nSPS) is 12.0. The summed E-state index contributed by atoms with van der Waals surface area (Å²) in [6.07, 6.45) is 3.88. The molecule has 4 nitrogen and oxygen atoms in total. The van der Waals surface area contributed by atoms with Crippen LogP contribution in [-0.2, 0) is 11.2 Å². The second-order valence-electron chi connectivity index (χ2n) is 6.18. The molecule has 2 aromatic rings. The molecule has 0 aliphatic rings. The number of ether oxygens (including phenoxy) is 1. The summed E-state index contributed by atoms with van der Waals surface area (Å²) in [7, 11) is 0. The van der Waals surface area contributed by atoms with Crippen LogP contribution in [0.3, 0.4) is 0 Å². The minimum atomic E-state index is -0.219. The predicted octanol–water partition coefficient (Wildman–Crippen LogP) is 4.87. The molecule has 0 fully saturated rings. The van der Waals surface area contributed by atoms with Gasteiger partial charge in [0.1, 0.15) is 5.75 Å². The number of rotatable bonds is 7. The summed E-state index contributed by atoms with van der Waals surface area (Å²) in [5.41, 5.74) is 3.98. The maximum atomic E-state index is 12.3. The molecule has 0 radical (unpaired) electrons. The Hall–Kier alpha value is -1.88. The number of carbonyl (C=O) groups excluding carboxylic acids is 1. The highest BCUT2D eigenvalue weighted by atomic mass is 32.2. The Morgan fingerprint density at radius 3 is 2.44 bits per heavy atom. The van der Waals surface area contributed by atoms with Crippen LogP contribution < -0.4 is 4.74 Å².